The zero-order valence-corrected chi connectivity index (χ0v) is 18.6. The minimum atomic E-state index is -0.198. The van der Waals surface area contributed by atoms with Crippen LogP contribution in [-0.4, -0.2) is 15.9 Å². The fraction of sp³-hybridized carbons (Fsp3) is 0.174. The highest BCUT2D eigenvalue weighted by molar-refractivity contribution is 7.15. The van der Waals surface area contributed by atoms with Crippen molar-refractivity contribution < 1.29 is 9.53 Å². The molecular formula is C23H21N3O2S2. The number of carbonyl (C=O) groups is 1. The first-order valence-electron chi connectivity index (χ1n) is 9.47. The first kappa shape index (κ1) is 20.3. The number of nitrogens with zero attached hydrogens (tertiary/aromatic N) is 2. The maximum absolute atomic E-state index is 12.7. The number of aromatic nitrogens is 2. The van der Waals surface area contributed by atoms with Crippen molar-refractivity contribution >= 4 is 33.7 Å². The van der Waals surface area contributed by atoms with E-state index in [1.165, 1.54) is 28.2 Å². The van der Waals surface area contributed by atoms with Crippen molar-refractivity contribution in [2.75, 3.05) is 5.32 Å². The lowest BCUT2D eigenvalue weighted by atomic mass is 10.1. The van der Waals surface area contributed by atoms with Gasteiger partial charge in [0.25, 0.3) is 5.91 Å². The number of benzene rings is 2. The van der Waals surface area contributed by atoms with E-state index in [2.05, 4.69) is 15.3 Å². The third kappa shape index (κ3) is 4.75. The van der Waals surface area contributed by atoms with Crippen LogP contribution in [0.3, 0.4) is 0 Å². The number of amides is 1. The highest BCUT2D eigenvalue weighted by Crippen LogP contribution is 2.27. The Hall–Kier alpha value is -3.03. The highest BCUT2D eigenvalue weighted by atomic mass is 32.1. The number of nitrogens with one attached hydrogen (secondary N) is 1. The van der Waals surface area contributed by atoms with Crippen LogP contribution < -0.4 is 10.1 Å². The van der Waals surface area contributed by atoms with Gasteiger partial charge in [-0.15, -0.1) is 22.7 Å². The van der Waals surface area contributed by atoms with Crippen LogP contribution in [0.4, 0.5) is 5.13 Å². The van der Waals surface area contributed by atoms with E-state index in [4.69, 9.17) is 4.74 Å². The predicted octanol–water partition coefficient (Wildman–Crippen LogP) is 6.02. The molecular weight excluding hydrogens is 414 g/mol. The number of rotatable bonds is 6. The minimum Gasteiger partial charge on any atom is -0.486 e. The Labute approximate surface area is 183 Å². The van der Waals surface area contributed by atoms with Crippen molar-refractivity contribution in [3.05, 3.63) is 80.6 Å². The second kappa shape index (κ2) is 8.77. The van der Waals surface area contributed by atoms with E-state index < -0.39 is 0 Å². The molecule has 0 spiro atoms. The smallest absolute Gasteiger partial charge is 0.269 e. The highest BCUT2D eigenvalue weighted by Gasteiger charge is 2.17. The molecule has 0 aliphatic rings. The molecule has 2 aromatic heterocycles. The first-order valence-corrected chi connectivity index (χ1v) is 11.2. The topological polar surface area (TPSA) is 64.1 Å². The molecule has 1 N–H and O–H groups in total. The molecule has 2 aromatic carbocycles. The molecule has 4 aromatic rings. The molecule has 0 saturated carbocycles. The molecule has 152 valence electrons. The van der Waals surface area contributed by atoms with Crippen molar-refractivity contribution in [3.63, 3.8) is 0 Å². The van der Waals surface area contributed by atoms with Gasteiger partial charge in [-0.05, 0) is 38.5 Å². The number of ether oxygens (including phenoxy) is 1. The van der Waals surface area contributed by atoms with Crippen molar-refractivity contribution in [1.29, 1.82) is 0 Å². The average molecular weight is 436 g/mol. The summed E-state index contributed by atoms with van der Waals surface area (Å²) in [7, 11) is 0. The Morgan fingerprint density at radius 2 is 1.83 bits per heavy atom. The molecule has 0 atom stereocenters. The zero-order valence-electron chi connectivity index (χ0n) is 16.9. The maximum Gasteiger partial charge on any atom is 0.269 e. The predicted molar refractivity (Wildman–Crippen MR) is 123 cm³/mol. The van der Waals surface area contributed by atoms with Gasteiger partial charge < -0.3 is 4.74 Å². The molecule has 30 heavy (non-hydrogen) atoms. The lowest BCUT2D eigenvalue weighted by molar-refractivity contribution is 0.103. The van der Waals surface area contributed by atoms with Crippen LogP contribution in [-0.2, 0) is 6.61 Å². The number of aryl methyl sites for hydroxylation is 3. The monoisotopic (exact) mass is 435 g/mol. The van der Waals surface area contributed by atoms with E-state index in [0.29, 0.717) is 22.3 Å². The quantitative estimate of drug-likeness (QED) is 0.402. The summed E-state index contributed by atoms with van der Waals surface area (Å²) >= 11 is 2.75. The van der Waals surface area contributed by atoms with Crippen LogP contribution in [0.25, 0.3) is 11.3 Å². The van der Waals surface area contributed by atoms with Crippen molar-refractivity contribution in [2.45, 2.75) is 27.4 Å². The van der Waals surface area contributed by atoms with Crippen LogP contribution in [0.2, 0.25) is 0 Å². The van der Waals surface area contributed by atoms with E-state index in [9.17, 15) is 4.79 Å². The van der Waals surface area contributed by atoms with Gasteiger partial charge in [-0.25, -0.2) is 9.97 Å². The van der Waals surface area contributed by atoms with Crippen molar-refractivity contribution in [3.8, 4) is 17.0 Å². The lowest BCUT2D eigenvalue weighted by Crippen LogP contribution is -2.11. The Morgan fingerprint density at radius 3 is 2.60 bits per heavy atom. The third-order valence-electron chi connectivity index (χ3n) is 4.47. The summed E-state index contributed by atoms with van der Waals surface area (Å²) < 4.78 is 5.81. The number of hydrogen-bond acceptors (Lipinski definition) is 6. The minimum absolute atomic E-state index is 0.198. The first-order chi connectivity index (χ1) is 14.5. The lowest BCUT2D eigenvalue weighted by Gasteiger charge is -2.04. The SMILES string of the molecule is Cc1ccc(-c2csc(NC(=O)c3sc(COc4cccc(C)c4)nc3C)n2)cc1. The Balaban J connectivity index is 1.42. The molecule has 0 fully saturated rings. The summed E-state index contributed by atoms with van der Waals surface area (Å²) in [5.41, 5.74) is 4.91. The van der Waals surface area contributed by atoms with Crippen LogP contribution in [0.15, 0.2) is 53.9 Å². The van der Waals surface area contributed by atoms with Gasteiger partial charge in [-0.1, -0.05) is 42.0 Å². The van der Waals surface area contributed by atoms with Gasteiger partial charge in [0, 0.05) is 10.9 Å². The van der Waals surface area contributed by atoms with Crippen LogP contribution in [0.5, 0.6) is 5.75 Å². The Morgan fingerprint density at radius 1 is 1.03 bits per heavy atom. The van der Waals surface area contributed by atoms with Crippen molar-refractivity contribution in [1.82, 2.24) is 9.97 Å². The molecule has 0 unspecified atom stereocenters. The molecule has 2 heterocycles. The third-order valence-corrected chi connectivity index (χ3v) is 6.36. The van der Waals surface area contributed by atoms with E-state index in [0.717, 1.165) is 27.6 Å². The van der Waals surface area contributed by atoms with Gasteiger partial charge in [0.15, 0.2) is 5.13 Å². The summed E-state index contributed by atoms with van der Waals surface area (Å²) in [6, 6.07) is 16.0. The fourth-order valence-corrected chi connectivity index (χ4v) is 4.50. The number of anilines is 1. The van der Waals surface area contributed by atoms with Gasteiger partial charge in [0.1, 0.15) is 22.2 Å². The van der Waals surface area contributed by atoms with E-state index >= 15 is 0 Å². The van der Waals surface area contributed by atoms with Crippen molar-refractivity contribution in [2.24, 2.45) is 0 Å². The summed E-state index contributed by atoms with van der Waals surface area (Å²) in [5, 5.41) is 6.17. The van der Waals surface area contributed by atoms with Crippen LogP contribution in [0.1, 0.15) is 31.5 Å². The summed E-state index contributed by atoms with van der Waals surface area (Å²) in [5.74, 6) is 0.594. The molecule has 0 bridgehead atoms. The molecule has 0 saturated heterocycles. The standard InChI is InChI=1S/C23H21N3O2S2/c1-14-7-9-17(10-8-14)19-13-29-23(25-19)26-22(27)21-16(3)24-20(30-21)12-28-18-6-4-5-15(2)11-18/h4-11,13H,12H2,1-3H3,(H,25,26,27). The molecule has 4 rings (SSSR count). The van der Waals surface area contributed by atoms with Gasteiger partial charge in [0.2, 0.25) is 0 Å². The second-order valence-electron chi connectivity index (χ2n) is 6.99. The average Bonchev–Trinajstić information content (AvgIpc) is 3.33. The number of carbonyl (C=O) groups excluding carboxylic acids is 1. The molecule has 0 radical (unpaired) electrons. The normalized spacial score (nSPS) is 10.8. The Bertz CT molecular complexity index is 1180. The molecule has 5 nitrogen and oxygen atoms in total. The van der Waals surface area contributed by atoms with E-state index in [1.807, 2.05) is 74.7 Å². The van der Waals surface area contributed by atoms with Gasteiger partial charge in [-0.2, -0.15) is 0 Å². The van der Waals surface area contributed by atoms with Gasteiger partial charge in [0.05, 0.1) is 11.4 Å². The summed E-state index contributed by atoms with van der Waals surface area (Å²) in [6.45, 7) is 6.23. The van der Waals surface area contributed by atoms with E-state index in [1.54, 1.807) is 0 Å². The largest absolute Gasteiger partial charge is 0.486 e. The molecule has 0 aliphatic heterocycles. The summed E-state index contributed by atoms with van der Waals surface area (Å²) in [4.78, 5) is 22.3. The zero-order chi connectivity index (χ0) is 21.1. The summed E-state index contributed by atoms with van der Waals surface area (Å²) in [6.07, 6.45) is 0. The van der Waals surface area contributed by atoms with Crippen LogP contribution >= 0.6 is 22.7 Å². The molecule has 7 heteroatoms. The molecule has 0 aliphatic carbocycles. The maximum atomic E-state index is 12.7. The van der Waals surface area contributed by atoms with Gasteiger partial charge in [-0.3, -0.25) is 10.1 Å². The fourth-order valence-electron chi connectivity index (χ4n) is 2.92. The van der Waals surface area contributed by atoms with E-state index in [-0.39, 0.29) is 5.91 Å². The van der Waals surface area contributed by atoms with Gasteiger partial charge >= 0.3 is 0 Å². The second-order valence-corrected chi connectivity index (χ2v) is 8.93. The van der Waals surface area contributed by atoms with Crippen LogP contribution in [0, 0.1) is 20.8 Å². The molecule has 1 amide bonds. The number of thiazole rings is 2. The Kier molecular flexibility index (Phi) is 5.92. The number of hydrogen-bond donors (Lipinski definition) is 1.